The largest absolute Gasteiger partial charge is 0.372 e. The molecule has 2 aromatic carbocycles. The molecule has 0 fully saturated rings. The number of amides is 1. The monoisotopic (exact) mass is 469 g/mol. The molecule has 0 unspecified atom stereocenters. The van der Waals surface area contributed by atoms with Crippen LogP contribution in [0.2, 0.25) is 0 Å². The number of aryl methyl sites for hydroxylation is 3. The Hall–Kier alpha value is -3.13. The van der Waals surface area contributed by atoms with Crippen LogP contribution in [-0.2, 0) is 14.6 Å². The fourth-order valence-electron chi connectivity index (χ4n) is 3.71. The minimum absolute atomic E-state index is 0.134. The maximum atomic E-state index is 13.0. The van der Waals surface area contributed by atoms with Crippen LogP contribution in [0.4, 0.5) is 11.4 Å². The maximum absolute atomic E-state index is 13.0. The van der Waals surface area contributed by atoms with E-state index in [0.717, 1.165) is 24.3 Å². The summed E-state index contributed by atoms with van der Waals surface area (Å²) >= 11 is 0. The minimum atomic E-state index is -3.67. The van der Waals surface area contributed by atoms with Gasteiger partial charge in [-0.25, -0.2) is 8.42 Å². The van der Waals surface area contributed by atoms with Crippen molar-refractivity contribution in [3.05, 3.63) is 59.3 Å². The number of carbonyl (C=O) groups excluding carboxylic acids is 1. The lowest BCUT2D eigenvalue weighted by atomic mass is 10.1. The Kier molecular flexibility index (Phi) is 7.58. The molecular weight excluding hydrogens is 438 g/mol. The van der Waals surface area contributed by atoms with Crippen molar-refractivity contribution in [3.8, 4) is 11.3 Å². The predicted octanol–water partition coefficient (Wildman–Crippen LogP) is 4.92. The summed E-state index contributed by atoms with van der Waals surface area (Å²) in [5.41, 5.74) is 4.68. The molecule has 0 aliphatic rings. The van der Waals surface area contributed by atoms with Gasteiger partial charge in [0.25, 0.3) is 0 Å². The minimum Gasteiger partial charge on any atom is -0.372 e. The quantitative estimate of drug-likeness (QED) is 0.478. The lowest BCUT2D eigenvalue weighted by molar-refractivity contribution is -0.115. The number of nitrogens with zero attached hydrogens (tertiary/aromatic N) is 2. The van der Waals surface area contributed by atoms with Crippen molar-refractivity contribution in [2.75, 3.05) is 29.1 Å². The highest BCUT2D eigenvalue weighted by Crippen LogP contribution is 2.27. The lowest BCUT2D eigenvalue weighted by Gasteiger charge is -2.22. The van der Waals surface area contributed by atoms with E-state index in [1.165, 1.54) is 0 Å². The highest BCUT2D eigenvalue weighted by molar-refractivity contribution is 7.91. The van der Waals surface area contributed by atoms with Gasteiger partial charge in [0.1, 0.15) is 0 Å². The van der Waals surface area contributed by atoms with Gasteiger partial charge in [-0.3, -0.25) is 4.79 Å². The van der Waals surface area contributed by atoms with Crippen LogP contribution in [0.5, 0.6) is 0 Å². The molecule has 0 spiro atoms. The number of carbonyl (C=O) groups is 1. The highest BCUT2D eigenvalue weighted by atomic mass is 32.2. The van der Waals surface area contributed by atoms with E-state index in [9.17, 15) is 13.2 Å². The van der Waals surface area contributed by atoms with Crippen molar-refractivity contribution in [1.29, 1.82) is 0 Å². The molecule has 0 aliphatic heterocycles. The van der Waals surface area contributed by atoms with Crippen LogP contribution in [0.3, 0.4) is 0 Å². The normalized spacial score (nSPS) is 11.4. The number of aromatic nitrogens is 1. The molecule has 0 atom stereocenters. The fourth-order valence-corrected chi connectivity index (χ4v) is 5.25. The van der Waals surface area contributed by atoms with Gasteiger partial charge in [0.15, 0.2) is 15.6 Å². The van der Waals surface area contributed by atoms with Crippen LogP contribution in [0.15, 0.2) is 51.9 Å². The van der Waals surface area contributed by atoms with E-state index < -0.39 is 9.84 Å². The summed E-state index contributed by atoms with van der Waals surface area (Å²) in [5.74, 6) is -0.114. The van der Waals surface area contributed by atoms with Gasteiger partial charge < -0.3 is 14.7 Å². The van der Waals surface area contributed by atoms with Crippen molar-refractivity contribution in [2.45, 2.75) is 45.9 Å². The number of benzene rings is 2. The molecule has 3 aromatic rings. The Bertz CT molecular complexity index is 1240. The fraction of sp³-hybridized carbons (Fsp3) is 0.360. The van der Waals surface area contributed by atoms with Crippen molar-refractivity contribution in [2.24, 2.45) is 0 Å². The van der Waals surface area contributed by atoms with E-state index in [4.69, 9.17) is 4.52 Å². The van der Waals surface area contributed by atoms with Crippen LogP contribution < -0.4 is 10.2 Å². The number of anilines is 2. The van der Waals surface area contributed by atoms with Gasteiger partial charge in [-0.15, -0.1) is 0 Å². The van der Waals surface area contributed by atoms with E-state index in [1.807, 2.05) is 25.1 Å². The summed E-state index contributed by atoms with van der Waals surface area (Å²) in [5, 5.41) is 6.70. The number of sulfone groups is 1. The Morgan fingerprint density at radius 2 is 1.73 bits per heavy atom. The molecule has 8 heteroatoms. The summed E-state index contributed by atoms with van der Waals surface area (Å²) in [6.07, 6.45) is -0.134. The Labute approximate surface area is 195 Å². The standard InChI is InChI=1S/C25H31N3O4S/c1-6-28(7-2)21-10-11-22(18(4)14-21)26-25(29)12-13-33(30,31)24-16-20(9-8-17(24)3)23-15-19(5)27-32-23/h8-11,14-16H,6-7,12-13H2,1-5H3,(H,26,29). The molecule has 33 heavy (non-hydrogen) atoms. The van der Waals surface area contributed by atoms with E-state index in [1.54, 1.807) is 38.1 Å². The second-order valence-corrected chi connectivity index (χ2v) is 10.2. The van der Waals surface area contributed by atoms with Crippen molar-refractivity contribution >= 4 is 27.1 Å². The summed E-state index contributed by atoms with van der Waals surface area (Å²) in [6, 6.07) is 12.7. The first-order chi connectivity index (χ1) is 15.6. The number of hydrogen-bond acceptors (Lipinski definition) is 6. The Morgan fingerprint density at radius 1 is 1.00 bits per heavy atom. The molecule has 0 saturated heterocycles. The molecule has 1 N–H and O–H groups in total. The highest BCUT2D eigenvalue weighted by Gasteiger charge is 2.21. The van der Waals surface area contributed by atoms with Gasteiger partial charge >= 0.3 is 0 Å². The zero-order valence-electron chi connectivity index (χ0n) is 19.8. The summed E-state index contributed by atoms with van der Waals surface area (Å²) in [4.78, 5) is 15.0. The molecule has 0 bridgehead atoms. The van der Waals surface area contributed by atoms with Gasteiger partial charge in [-0.05, 0) is 70.0 Å². The van der Waals surface area contributed by atoms with E-state index in [-0.39, 0.29) is 23.0 Å². The third-order valence-electron chi connectivity index (χ3n) is 5.65. The molecule has 1 aromatic heterocycles. The number of hydrogen-bond donors (Lipinski definition) is 1. The second kappa shape index (κ2) is 10.2. The average molecular weight is 470 g/mol. The molecule has 3 rings (SSSR count). The predicted molar refractivity (Wildman–Crippen MR) is 131 cm³/mol. The first-order valence-corrected chi connectivity index (χ1v) is 12.7. The smallest absolute Gasteiger partial charge is 0.225 e. The SMILES string of the molecule is CCN(CC)c1ccc(NC(=O)CCS(=O)(=O)c2cc(-c3cc(C)no3)ccc2C)c(C)c1. The van der Waals surface area contributed by atoms with Crippen molar-refractivity contribution in [3.63, 3.8) is 0 Å². The van der Waals surface area contributed by atoms with Crippen LogP contribution in [0.25, 0.3) is 11.3 Å². The molecule has 0 aliphatic carbocycles. The average Bonchev–Trinajstić information content (AvgIpc) is 3.21. The van der Waals surface area contributed by atoms with Gasteiger partial charge in [0.2, 0.25) is 5.91 Å². The maximum Gasteiger partial charge on any atom is 0.225 e. The number of rotatable bonds is 9. The van der Waals surface area contributed by atoms with Crippen LogP contribution in [0, 0.1) is 20.8 Å². The summed E-state index contributed by atoms with van der Waals surface area (Å²) in [6.45, 7) is 11.5. The molecule has 0 saturated carbocycles. The van der Waals surface area contributed by atoms with Crippen LogP contribution in [0.1, 0.15) is 37.1 Å². The third kappa shape index (κ3) is 5.82. The van der Waals surface area contributed by atoms with Gasteiger partial charge in [0, 0.05) is 42.5 Å². The third-order valence-corrected chi connectivity index (χ3v) is 7.50. The molecule has 1 amide bonds. The molecule has 0 radical (unpaired) electrons. The van der Waals surface area contributed by atoms with Gasteiger partial charge in [0.05, 0.1) is 16.3 Å². The molecular formula is C25H31N3O4S. The lowest BCUT2D eigenvalue weighted by Crippen LogP contribution is -2.22. The first kappa shape index (κ1) is 24.5. The van der Waals surface area contributed by atoms with E-state index >= 15 is 0 Å². The zero-order chi connectivity index (χ0) is 24.2. The second-order valence-electron chi connectivity index (χ2n) is 8.10. The summed E-state index contributed by atoms with van der Waals surface area (Å²) < 4.78 is 31.3. The molecule has 1 heterocycles. The van der Waals surface area contributed by atoms with Crippen molar-refractivity contribution < 1.29 is 17.7 Å². The van der Waals surface area contributed by atoms with Crippen LogP contribution in [-0.4, -0.2) is 38.3 Å². The molecule has 7 nitrogen and oxygen atoms in total. The van der Waals surface area contributed by atoms with Gasteiger partial charge in [-0.1, -0.05) is 17.3 Å². The first-order valence-electron chi connectivity index (χ1n) is 11.1. The number of nitrogens with one attached hydrogen (secondary N) is 1. The zero-order valence-corrected chi connectivity index (χ0v) is 20.6. The summed E-state index contributed by atoms with van der Waals surface area (Å²) in [7, 11) is -3.67. The van der Waals surface area contributed by atoms with E-state index in [2.05, 4.69) is 29.2 Å². The van der Waals surface area contributed by atoms with E-state index in [0.29, 0.717) is 28.3 Å². The van der Waals surface area contributed by atoms with Crippen LogP contribution >= 0.6 is 0 Å². The molecule has 176 valence electrons. The topological polar surface area (TPSA) is 92.5 Å². The van der Waals surface area contributed by atoms with Crippen molar-refractivity contribution in [1.82, 2.24) is 5.16 Å². The Morgan fingerprint density at radius 3 is 2.33 bits per heavy atom. The van der Waals surface area contributed by atoms with Gasteiger partial charge in [-0.2, -0.15) is 0 Å². The Balaban J connectivity index is 1.70.